The lowest BCUT2D eigenvalue weighted by molar-refractivity contribution is 0.499. The molecule has 1 heterocycles. The Labute approximate surface area is 107 Å². The van der Waals surface area contributed by atoms with E-state index in [1.807, 2.05) is 0 Å². The van der Waals surface area contributed by atoms with Crippen LogP contribution in [0.3, 0.4) is 0 Å². The van der Waals surface area contributed by atoms with E-state index in [4.69, 9.17) is 0 Å². The lowest BCUT2D eigenvalue weighted by Gasteiger charge is -2.23. The molecule has 6 heteroatoms. The Morgan fingerprint density at radius 3 is 2.67 bits per heavy atom. The molecule has 0 saturated carbocycles. The van der Waals surface area contributed by atoms with Crippen molar-refractivity contribution in [3.05, 3.63) is 29.6 Å². The molecular weight excluding hydrogens is 255 g/mol. The van der Waals surface area contributed by atoms with Crippen molar-refractivity contribution in [1.82, 2.24) is 5.32 Å². The minimum atomic E-state index is -3.43. The minimum absolute atomic E-state index is 0.327. The zero-order valence-corrected chi connectivity index (χ0v) is 11.1. The molecule has 18 heavy (non-hydrogen) atoms. The number of anilines is 1. The van der Waals surface area contributed by atoms with Gasteiger partial charge >= 0.3 is 0 Å². The molecule has 0 atom stereocenters. The van der Waals surface area contributed by atoms with E-state index < -0.39 is 21.1 Å². The highest BCUT2D eigenvalue weighted by atomic mass is 32.2. The number of halogens is 1. The Morgan fingerprint density at radius 1 is 1.33 bits per heavy atom. The van der Waals surface area contributed by atoms with Crippen molar-refractivity contribution in [1.29, 1.82) is 0 Å². The smallest absolute Gasteiger partial charge is 0.235 e. The average Bonchev–Trinajstić information content (AvgIpc) is 2.36. The highest BCUT2D eigenvalue weighted by molar-refractivity contribution is 7.93. The molecule has 0 aromatic heterocycles. The molecule has 100 valence electrons. The quantitative estimate of drug-likeness (QED) is 0.879. The number of rotatable bonds is 3. The average molecular weight is 272 g/mol. The van der Waals surface area contributed by atoms with Crippen molar-refractivity contribution >= 4 is 15.7 Å². The topological polar surface area (TPSA) is 58.2 Å². The first-order valence-corrected chi connectivity index (χ1v) is 7.53. The van der Waals surface area contributed by atoms with Gasteiger partial charge in [-0.2, -0.15) is 0 Å². The molecule has 1 aromatic rings. The highest BCUT2D eigenvalue weighted by Gasteiger charge is 2.27. The molecule has 2 N–H and O–H groups in total. The van der Waals surface area contributed by atoms with E-state index in [1.54, 1.807) is 13.0 Å². The standard InChI is InChI=1S/C12H17FN2O2S/c1-9-11(13)3-2-4-12(9)15-18(16,17)10-5-7-14-8-6-10/h2-4,10,14-15H,5-8H2,1H3. The van der Waals surface area contributed by atoms with Crippen LogP contribution in [0, 0.1) is 12.7 Å². The van der Waals surface area contributed by atoms with Gasteiger partial charge in [0.15, 0.2) is 0 Å². The van der Waals surface area contributed by atoms with Crippen LogP contribution < -0.4 is 10.0 Å². The SMILES string of the molecule is Cc1c(F)cccc1NS(=O)(=O)C1CCNCC1. The van der Waals surface area contributed by atoms with Crippen molar-refractivity contribution in [2.75, 3.05) is 17.8 Å². The lowest BCUT2D eigenvalue weighted by atomic mass is 10.2. The molecule has 1 aromatic carbocycles. The minimum Gasteiger partial charge on any atom is -0.317 e. The van der Waals surface area contributed by atoms with Gasteiger partial charge in [0, 0.05) is 5.56 Å². The van der Waals surface area contributed by atoms with Gasteiger partial charge in [0.25, 0.3) is 0 Å². The van der Waals surface area contributed by atoms with Crippen LogP contribution in [0.25, 0.3) is 0 Å². The van der Waals surface area contributed by atoms with Gasteiger partial charge in [-0.05, 0) is 45.0 Å². The zero-order valence-electron chi connectivity index (χ0n) is 10.2. The predicted octanol–water partition coefficient (Wildman–Crippen LogP) is 1.63. The monoisotopic (exact) mass is 272 g/mol. The Kier molecular flexibility index (Phi) is 3.87. The van der Waals surface area contributed by atoms with Crippen LogP contribution in [0.1, 0.15) is 18.4 Å². The van der Waals surface area contributed by atoms with Gasteiger partial charge in [0.1, 0.15) is 5.82 Å². The molecule has 0 amide bonds. The summed E-state index contributed by atoms with van der Waals surface area (Å²) < 4.78 is 40.2. The van der Waals surface area contributed by atoms with E-state index in [-0.39, 0.29) is 0 Å². The van der Waals surface area contributed by atoms with Crippen LogP contribution in [0.4, 0.5) is 10.1 Å². The van der Waals surface area contributed by atoms with Gasteiger partial charge in [-0.3, -0.25) is 4.72 Å². The van der Waals surface area contributed by atoms with Crippen molar-refractivity contribution < 1.29 is 12.8 Å². The number of sulfonamides is 1. The van der Waals surface area contributed by atoms with Crippen molar-refractivity contribution in [2.45, 2.75) is 25.0 Å². The fraction of sp³-hybridized carbons (Fsp3) is 0.500. The maximum Gasteiger partial charge on any atom is 0.235 e. The van der Waals surface area contributed by atoms with E-state index in [9.17, 15) is 12.8 Å². The molecular formula is C12H17FN2O2S. The zero-order chi connectivity index (χ0) is 13.2. The molecule has 2 rings (SSSR count). The lowest BCUT2D eigenvalue weighted by Crippen LogP contribution is -2.38. The summed E-state index contributed by atoms with van der Waals surface area (Å²) >= 11 is 0. The Bertz CT molecular complexity index is 525. The largest absolute Gasteiger partial charge is 0.317 e. The number of benzene rings is 1. The van der Waals surface area contributed by atoms with Crippen LogP contribution in [0.2, 0.25) is 0 Å². The first-order chi connectivity index (χ1) is 8.50. The summed E-state index contributed by atoms with van der Waals surface area (Å²) in [6.07, 6.45) is 1.17. The molecule has 1 saturated heterocycles. The summed E-state index contributed by atoms with van der Waals surface area (Å²) in [5.74, 6) is -0.402. The molecule has 1 aliphatic heterocycles. The van der Waals surface area contributed by atoms with Crippen molar-refractivity contribution in [2.24, 2.45) is 0 Å². The molecule has 1 fully saturated rings. The second-order valence-corrected chi connectivity index (χ2v) is 6.47. The Morgan fingerprint density at radius 2 is 2.00 bits per heavy atom. The van der Waals surface area contributed by atoms with E-state index in [0.717, 1.165) is 0 Å². The Hall–Kier alpha value is -1.14. The summed E-state index contributed by atoms with van der Waals surface area (Å²) in [6, 6.07) is 4.40. The third kappa shape index (κ3) is 2.81. The summed E-state index contributed by atoms with van der Waals surface area (Å²) in [4.78, 5) is 0. The molecule has 1 aliphatic rings. The summed E-state index contributed by atoms with van der Waals surface area (Å²) in [6.45, 7) is 2.97. The van der Waals surface area contributed by atoms with Crippen LogP contribution >= 0.6 is 0 Å². The van der Waals surface area contributed by atoms with Gasteiger partial charge in [-0.1, -0.05) is 6.07 Å². The van der Waals surface area contributed by atoms with Crippen molar-refractivity contribution in [3.63, 3.8) is 0 Å². The first-order valence-electron chi connectivity index (χ1n) is 5.98. The highest BCUT2D eigenvalue weighted by Crippen LogP contribution is 2.22. The van der Waals surface area contributed by atoms with Gasteiger partial charge < -0.3 is 5.32 Å². The second kappa shape index (κ2) is 5.24. The van der Waals surface area contributed by atoms with Crippen LogP contribution in [-0.2, 0) is 10.0 Å². The van der Waals surface area contributed by atoms with E-state index in [0.29, 0.717) is 37.2 Å². The van der Waals surface area contributed by atoms with Gasteiger partial charge in [-0.15, -0.1) is 0 Å². The van der Waals surface area contributed by atoms with Crippen LogP contribution in [0.15, 0.2) is 18.2 Å². The van der Waals surface area contributed by atoms with Gasteiger partial charge in [0.2, 0.25) is 10.0 Å². The van der Waals surface area contributed by atoms with Crippen molar-refractivity contribution in [3.8, 4) is 0 Å². The maximum atomic E-state index is 13.4. The molecule has 0 bridgehead atoms. The molecule has 0 spiro atoms. The molecule has 4 nitrogen and oxygen atoms in total. The number of hydrogen-bond donors (Lipinski definition) is 2. The van der Waals surface area contributed by atoms with E-state index >= 15 is 0 Å². The predicted molar refractivity (Wildman–Crippen MR) is 69.6 cm³/mol. The summed E-state index contributed by atoms with van der Waals surface area (Å²) in [5, 5.41) is 2.72. The maximum absolute atomic E-state index is 13.4. The summed E-state index contributed by atoms with van der Waals surface area (Å²) in [5.41, 5.74) is 0.656. The Balaban J connectivity index is 2.19. The number of nitrogens with one attached hydrogen (secondary N) is 2. The van der Waals surface area contributed by atoms with Gasteiger partial charge in [-0.25, -0.2) is 12.8 Å². The molecule has 0 unspecified atom stereocenters. The third-order valence-corrected chi connectivity index (χ3v) is 5.10. The van der Waals surface area contributed by atoms with E-state index in [2.05, 4.69) is 10.0 Å². The molecule has 0 aliphatic carbocycles. The normalized spacial score (nSPS) is 17.7. The summed E-state index contributed by atoms with van der Waals surface area (Å²) in [7, 11) is -3.43. The van der Waals surface area contributed by atoms with Crippen LogP contribution in [0.5, 0.6) is 0 Å². The fourth-order valence-electron chi connectivity index (χ4n) is 2.06. The number of hydrogen-bond acceptors (Lipinski definition) is 3. The second-order valence-electron chi connectivity index (χ2n) is 4.51. The first kappa shape index (κ1) is 13.3. The number of piperidine rings is 1. The molecule has 0 radical (unpaired) electrons. The fourth-order valence-corrected chi connectivity index (χ4v) is 3.61. The van der Waals surface area contributed by atoms with E-state index in [1.165, 1.54) is 12.1 Å². The third-order valence-electron chi connectivity index (χ3n) is 3.24. The van der Waals surface area contributed by atoms with Gasteiger partial charge in [0.05, 0.1) is 10.9 Å². The van der Waals surface area contributed by atoms with Crippen LogP contribution in [-0.4, -0.2) is 26.8 Å².